The van der Waals surface area contributed by atoms with Crippen LogP contribution in [0.4, 0.5) is 0 Å². The Morgan fingerprint density at radius 1 is 1.09 bits per heavy atom. The van der Waals surface area contributed by atoms with Gasteiger partial charge in [0.05, 0.1) is 0 Å². The smallest absolute Gasteiger partial charge is 0.0453 e. The third-order valence-electron chi connectivity index (χ3n) is 1.46. The van der Waals surface area contributed by atoms with Crippen LogP contribution in [-0.2, 0) is 21.8 Å². The van der Waals surface area contributed by atoms with Gasteiger partial charge in [-0.15, -0.1) is 0 Å². The van der Waals surface area contributed by atoms with Gasteiger partial charge in [0.15, 0.2) is 0 Å². The Balaban J connectivity index is 0.000000281. The van der Waals surface area contributed by atoms with Crippen molar-refractivity contribution in [1.29, 1.82) is 0 Å². The SMILES string of the molecule is [O]=[Zn].c1ccc2[nH]ccc2c1. The fourth-order valence-electron chi connectivity index (χ4n) is 0.995. The molecule has 0 spiro atoms. The van der Waals surface area contributed by atoms with Gasteiger partial charge in [-0.25, -0.2) is 0 Å². The van der Waals surface area contributed by atoms with E-state index in [0.29, 0.717) is 0 Å². The van der Waals surface area contributed by atoms with E-state index in [-0.39, 0.29) is 18.3 Å². The summed E-state index contributed by atoms with van der Waals surface area (Å²) in [4.78, 5) is 3.12. The molecule has 1 aromatic carbocycles. The number of nitrogens with one attached hydrogen (secondary N) is 1. The number of H-pyrrole nitrogens is 1. The van der Waals surface area contributed by atoms with E-state index in [9.17, 15) is 0 Å². The Morgan fingerprint density at radius 2 is 1.82 bits per heavy atom. The molecule has 0 saturated heterocycles. The van der Waals surface area contributed by atoms with E-state index in [1.807, 2.05) is 18.3 Å². The molecule has 0 bridgehead atoms. The summed E-state index contributed by atoms with van der Waals surface area (Å²) in [5.41, 5.74) is 1.21. The molecule has 0 aliphatic carbocycles. The van der Waals surface area contributed by atoms with Crippen LogP contribution in [0.5, 0.6) is 0 Å². The molecule has 1 aromatic heterocycles. The summed E-state index contributed by atoms with van der Waals surface area (Å²) >= 11 is 0.125. The van der Waals surface area contributed by atoms with E-state index in [1.165, 1.54) is 10.9 Å². The first-order valence-electron chi connectivity index (χ1n) is 3.28. The number of fused-ring (bicyclic) bond motifs is 1. The zero-order valence-electron chi connectivity index (χ0n) is 6.08. The third kappa shape index (κ3) is 1.81. The van der Waals surface area contributed by atoms with Crippen LogP contribution in [0.3, 0.4) is 0 Å². The largest absolute Gasteiger partial charge is 0.361 e. The van der Waals surface area contributed by atoms with Crippen molar-refractivity contribution in [3.63, 3.8) is 0 Å². The molecule has 0 radical (unpaired) electrons. The van der Waals surface area contributed by atoms with E-state index in [1.54, 1.807) is 0 Å². The first-order chi connectivity index (χ1) is 5.47. The molecule has 0 saturated carbocycles. The molecule has 52 valence electrons. The number of hydrogen-bond donors (Lipinski definition) is 1. The van der Waals surface area contributed by atoms with Crippen LogP contribution < -0.4 is 0 Å². The third-order valence-corrected chi connectivity index (χ3v) is 1.46. The van der Waals surface area contributed by atoms with Crippen LogP contribution >= 0.6 is 0 Å². The zero-order chi connectivity index (χ0) is 8.10. The molecule has 2 rings (SSSR count). The van der Waals surface area contributed by atoms with Gasteiger partial charge in [0.25, 0.3) is 0 Å². The first kappa shape index (κ1) is 8.28. The van der Waals surface area contributed by atoms with Crippen molar-refractivity contribution in [3.8, 4) is 0 Å². The zero-order valence-corrected chi connectivity index (χ0v) is 9.05. The van der Waals surface area contributed by atoms with Gasteiger partial charge in [0.2, 0.25) is 0 Å². The molecule has 1 heterocycles. The number of benzene rings is 1. The Morgan fingerprint density at radius 3 is 2.55 bits per heavy atom. The summed E-state index contributed by atoms with van der Waals surface area (Å²) in [7, 11) is 0. The fraction of sp³-hybridized carbons (Fsp3) is 0. The van der Waals surface area contributed by atoms with Gasteiger partial charge < -0.3 is 4.98 Å². The van der Waals surface area contributed by atoms with E-state index < -0.39 is 0 Å². The summed E-state index contributed by atoms with van der Waals surface area (Å²) in [6.07, 6.45) is 1.95. The van der Waals surface area contributed by atoms with Crippen molar-refractivity contribution < 1.29 is 21.8 Å². The number of hydrogen-bond acceptors (Lipinski definition) is 1. The minimum absolute atomic E-state index is 0.125. The maximum Gasteiger partial charge on any atom is 0.0453 e. The first-order valence-corrected chi connectivity index (χ1v) is 4.49. The van der Waals surface area contributed by atoms with Crippen LogP contribution in [0.15, 0.2) is 36.5 Å². The molecule has 11 heavy (non-hydrogen) atoms. The molecule has 0 atom stereocenters. The van der Waals surface area contributed by atoms with Crippen molar-refractivity contribution >= 4 is 10.9 Å². The van der Waals surface area contributed by atoms with Gasteiger partial charge in [-0.3, -0.25) is 0 Å². The molecular weight excluding hydrogens is 191 g/mol. The van der Waals surface area contributed by atoms with Gasteiger partial charge in [0, 0.05) is 11.7 Å². The number of rotatable bonds is 0. The second kappa shape index (κ2) is 4.14. The average Bonchev–Trinajstić information content (AvgIpc) is 2.55. The molecule has 0 aliphatic heterocycles. The maximum atomic E-state index is 8.38. The molecular formula is C8H7NOZn. The monoisotopic (exact) mass is 197 g/mol. The van der Waals surface area contributed by atoms with Gasteiger partial charge in [-0.05, 0) is 17.5 Å². The summed E-state index contributed by atoms with van der Waals surface area (Å²) in [5.74, 6) is 0. The molecule has 2 aromatic rings. The van der Waals surface area contributed by atoms with Crippen molar-refractivity contribution in [3.05, 3.63) is 36.5 Å². The standard InChI is InChI=1S/C8H7N.O.Zn/c1-2-4-8-7(3-1)5-6-9-8;;/h1-6,9H;;. The number of aromatic amines is 1. The van der Waals surface area contributed by atoms with Gasteiger partial charge in [-0.2, -0.15) is 0 Å². The minimum Gasteiger partial charge on any atom is -0.361 e. The normalized spacial score (nSPS) is 8.91. The van der Waals surface area contributed by atoms with Crippen molar-refractivity contribution in [2.45, 2.75) is 0 Å². The summed E-state index contributed by atoms with van der Waals surface area (Å²) in [6, 6.07) is 10.3. The minimum atomic E-state index is 0.125. The predicted molar refractivity (Wildman–Crippen MR) is 39.0 cm³/mol. The van der Waals surface area contributed by atoms with Crippen molar-refractivity contribution in [2.24, 2.45) is 0 Å². The fourth-order valence-corrected chi connectivity index (χ4v) is 0.995. The Bertz CT molecular complexity index is 301. The molecule has 0 unspecified atom stereocenters. The van der Waals surface area contributed by atoms with E-state index >= 15 is 0 Å². The molecule has 0 amide bonds. The van der Waals surface area contributed by atoms with Gasteiger partial charge in [-0.1, -0.05) is 18.2 Å². The second-order valence-corrected chi connectivity index (χ2v) is 2.06. The van der Waals surface area contributed by atoms with Crippen LogP contribution in [0.25, 0.3) is 10.9 Å². The average molecular weight is 199 g/mol. The van der Waals surface area contributed by atoms with Crippen LogP contribution in [-0.4, -0.2) is 4.98 Å². The Hall–Kier alpha value is -0.817. The van der Waals surface area contributed by atoms with E-state index in [0.717, 1.165) is 0 Å². The van der Waals surface area contributed by atoms with Gasteiger partial charge in [0.1, 0.15) is 0 Å². The van der Waals surface area contributed by atoms with Crippen LogP contribution in [0, 0.1) is 0 Å². The topological polar surface area (TPSA) is 32.9 Å². The van der Waals surface area contributed by atoms with Crippen molar-refractivity contribution in [2.75, 3.05) is 0 Å². The molecule has 2 nitrogen and oxygen atoms in total. The second-order valence-electron chi connectivity index (χ2n) is 2.06. The molecule has 0 fully saturated rings. The van der Waals surface area contributed by atoms with Crippen LogP contribution in [0.1, 0.15) is 0 Å². The molecule has 0 aliphatic rings. The van der Waals surface area contributed by atoms with E-state index in [4.69, 9.17) is 3.57 Å². The molecule has 3 heteroatoms. The van der Waals surface area contributed by atoms with Gasteiger partial charge >= 0.3 is 21.8 Å². The summed E-state index contributed by atoms with van der Waals surface area (Å²) in [5, 5.41) is 1.28. The Labute approximate surface area is 74.6 Å². The van der Waals surface area contributed by atoms with Crippen molar-refractivity contribution in [1.82, 2.24) is 4.98 Å². The maximum absolute atomic E-state index is 8.38. The van der Waals surface area contributed by atoms with Crippen LogP contribution in [0.2, 0.25) is 0 Å². The number of aromatic nitrogens is 1. The summed E-state index contributed by atoms with van der Waals surface area (Å²) in [6.45, 7) is 0. The summed E-state index contributed by atoms with van der Waals surface area (Å²) < 4.78 is 8.38. The van der Waals surface area contributed by atoms with E-state index in [2.05, 4.69) is 23.2 Å². The number of para-hydroxylation sites is 1. The predicted octanol–water partition coefficient (Wildman–Crippen LogP) is 2.05. The molecule has 1 N–H and O–H groups in total. The quantitative estimate of drug-likeness (QED) is 0.646. The Kier molecular flexibility index (Phi) is 3.12.